The van der Waals surface area contributed by atoms with E-state index in [2.05, 4.69) is 0 Å². The molecule has 4 atom stereocenters. The van der Waals surface area contributed by atoms with Crippen LogP contribution in [0.25, 0.3) is 0 Å². The Kier molecular flexibility index (Phi) is 30.5. The number of aliphatic carboxylic acids is 2. The first kappa shape index (κ1) is 36.4. The summed E-state index contributed by atoms with van der Waals surface area (Å²) in [5.74, 6) is -4.22. The van der Waals surface area contributed by atoms with Gasteiger partial charge in [-0.05, 0) is 0 Å². The van der Waals surface area contributed by atoms with Gasteiger partial charge in [-0.2, -0.15) is 0 Å². The molecule has 0 saturated carbocycles. The van der Waals surface area contributed by atoms with Gasteiger partial charge in [-0.25, -0.2) is 0 Å². The van der Waals surface area contributed by atoms with Gasteiger partial charge in [-0.3, -0.25) is 0 Å². The second-order valence-corrected chi connectivity index (χ2v) is 2.51. The monoisotopic (exact) mass is 320 g/mol. The Balaban J connectivity index is -0.0000000845. The van der Waals surface area contributed by atoms with Crippen molar-refractivity contribution < 1.29 is 62.1 Å². The van der Waals surface area contributed by atoms with Crippen molar-refractivity contribution in [2.45, 2.75) is 24.4 Å². The fraction of sp³-hybridized carbons (Fsp3) is 0.667. The van der Waals surface area contributed by atoms with Crippen molar-refractivity contribution in [3.63, 3.8) is 0 Å². The maximum atomic E-state index is 9.96. The SMILES string of the molecule is O.O.O.O.O=C([O-])[C@@H](O)[C@H](O)[C@H](O)[C@H](O)C(=O)[O-].[Ca+2]. The van der Waals surface area contributed by atoms with Crippen molar-refractivity contribution in [1.82, 2.24) is 0 Å². The van der Waals surface area contributed by atoms with Gasteiger partial charge in [0.05, 0.1) is 11.9 Å². The number of carbonyl (C=O) groups is 2. The van der Waals surface area contributed by atoms with Crippen molar-refractivity contribution in [2.24, 2.45) is 0 Å². The molecule has 0 aliphatic carbocycles. The molecule has 19 heavy (non-hydrogen) atoms. The molecule has 0 heterocycles. The molecule has 0 aromatic carbocycles. The molecule has 0 aromatic rings. The molecule has 0 saturated heterocycles. The minimum atomic E-state index is -2.50. The van der Waals surface area contributed by atoms with Crippen molar-refractivity contribution in [3.8, 4) is 0 Å². The zero-order chi connectivity index (χ0) is 11.5. The van der Waals surface area contributed by atoms with Gasteiger partial charge < -0.3 is 62.1 Å². The van der Waals surface area contributed by atoms with E-state index in [9.17, 15) is 19.8 Å². The number of carbonyl (C=O) groups excluding carboxylic acids is 2. The minimum Gasteiger partial charge on any atom is -0.547 e. The Morgan fingerprint density at radius 1 is 0.684 bits per heavy atom. The molecule has 12 N–H and O–H groups in total. The molecule has 0 bridgehead atoms. The van der Waals surface area contributed by atoms with Crippen LogP contribution in [0, 0.1) is 0 Å². The van der Waals surface area contributed by atoms with Crippen LogP contribution in [0.4, 0.5) is 0 Å². The van der Waals surface area contributed by atoms with Crippen LogP contribution in [0.1, 0.15) is 0 Å². The normalized spacial score (nSPS) is 14.3. The van der Waals surface area contributed by atoms with Crippen molar-refractivity contribution in [3.05, 3.63) is 0 Å². The number of rotatable bonds is 5. The minimum absolute atomic E-state index is 0. The summed E-state index contributed by atoms with van der Waals surface area (Å²) in [5, 5.41) is 54.7. The summed E-state index contributed by atoms with van der Waals surface area (Å²) in [6.45, 7) is 0. The van der Waals surface area contributed by atoms with Gasteiger partial charge in [0.1, 0.15) is 24.4 Å². The van der Waals surface area contributed by atoms with Crippen LogP contribution in [-0.4, -0.2) is 116 Å². The number of carboxylic acids is 2. The second kappa shape index (κ2) is 15.9. The molecular formula is C6H16CaO12. The molecule has 0 rings (SSSR count). The second-order valence-electron chi connectivity index (χ2n) is 2.51. The number of carboxylic acid groups (broad SMARTS) is 2. The van der Waals surface area contributed by atoms with E-state index in [0.717, 1.165) is 0 Å². The van der Waals surface area contributed by atoms with Crippen molar-refractivity contribution in [2.75, 3.05) is 0 Å². The molecule has 0 radical (unpaired) electrons. The smallest absolute Gasteiger partial charge is 0.547 e. The molecule has 0 unspecified atom stereocenters. The van der Waals surface area contributed by atoms with Crippen LogP contribution >= 0.6 is 0 Å². The Bertz CT molecular complexity index is 210. The first-order valence-electron chi connectivity index (χ1n) is 3.43. The van der Waals surface area contributed by atoms with Crippen molar-refractivity contribution >= 4 is 49.7 Å². The van der Waals surface area contributed by atoms with Gasteiger partial charge >= 0.3 is 37.7 Å². The zero-order valence-electron chi connectivity index (χ0n) is 9.44. The van der Waals surface area contributed by atoms with Crippen molar-refractivity contribution in [1.29, 1.82) is 0 Å². The molecule has 0 aromatic heterocycles. The molecule has 0 aliphatic heterocycles. The summed E-state index contributed by atoms with van der Waals surface area (Å²) in [6, 6.07) is 0. The first-order chi connectivity index (χ1) is 6.29. The van der Waals surface area contributed by atoms with Gasteiger partial charge in [0.15, 0.2) is 0 Å². The van der Waals surface area contributed by atoms with Gasteiger partial charge in [-0.15, -0.1) is 0 Å². The summed E-state index contributed by atoms with van der Waals surface area (Å²) < 4.78 is 0. The number of aliphatic hydroxyl groups is 4. The van der Waals surface area contributed by atoms with Gasteiger partial charge in [0.2, 0.25) is 0 Å². The van der Waals surface area contributed by atoms with E-state index in [4.69, 9.17) is 20.4 Å². The summed E-state index contributed by atoms with van der Waals surface area (Å²) >= 11 is 0. The summed E-state index contributed by atoms with van der Waals surface area (Å²) in [6.07, 6.45) is -9.76. The third-order valence-corrected chi connectivity index (χ3v) is 1.48. The predicted molar refractivity (Wildman–Crippen MR) is 54.3 cm³/mol. The molecular weight excluding hydrogens is 304 g/mol. The fourth-order valence-electron chi connectivity index (χ4n) is 0.652. The predicted octanol–water partition coefficient (Wildman–Crippen LogP) is -9.75. The third-order valence-electron chi connectivity index (χ3n) is 1.48. The van der Waals surface area contributed by atoms with E-state index in [-0.39, 0.29) is 59.6 Å². The van der Waals surface area contributed by atoms with E-state index in [1.807, 2.05) is 0 Å². The van der Waals surface area contributed by atoms with Gasteiger partial charge in [0.25, 0.3) is 0 Å². The number of hydrogen-bond donors (Lipinski definition) is 4. The molecule has 0 fully saturated rings. The number of aliphatic hydroxyl groups excluding tert-OH is 4. The van der Waals surface area contributed by atoms with E-state index >= 15 is 0 Å². The molecule has 0 spiro atoms. The van der Waals surface area contributed by atoms with Crippen LogP contribution in [0.3, 0.4) is 0 Å². The Labute approximate surface area is 136 Å². The summed E-state index contributed by atoms with van der Waals surface area (Å²) in [7, 11) is 0. The topological polar surface area (TPSA) is 287 Å². The zero-order valence-corrected chi connectivity index (χ0v) is 11.6. The summed E-state index contributed by atoms with van der Waals surface area (Å²) in [4.78, 5) is 19.9. The van der Waals surface area contributed by atoms with Crippen LogP contribution in [-0.2, 0) is 9.59 Å². The van der Waals surface area contributed by atoms with Gasteiger partial charge in [0, 0.05) is 0 Å². The average Bonchev–Trinajstić information content (AvgIpc) is 2.12. The van der Waals surface area contributed by atoms with Crippen LogP contribution in [0.15, 0.2) is 0 Å². The molecule has 114 valence electrons. The Morgan fingerprint density at radius 3 is 0.947 bits per heavy atom. The average molecular weight is 320 g/mol. The number of hydrogen-bond acceptors (Lipinski definition) is 8. The van der Waals surface area contributed by atoms with Crippen LogP contribution in [0.2, 0.25) is 0 Å². The fourth-order valence-corrected chi connectivity index (χ4v) is 0.652. The quantitative estimate of drug-likeness (QED) is 0.351. The standard InChI is InChI=1S/C6H10O8.Ca.4H2O/c7-1(3(9)5(11)12)2(8)4(10)6(13)14;;;;;/h1-4,7-10H,(H,11,12)(H,13,14);;4*1H2/q;+2;;;;/p-2/t1-,2+,3-,4-;;;;;/m0...../s1. The van der Waals surface area contributed by atoms with E-state index in [1.54, 1.807) is 0 Å². The van der Waals surface area contributed by atoms with E-state index in [0.29, 0.717) is 0 Å². The molecule has 12 nitrogen and oxygen atoms in total. The van der Waals surface area contributed by atoms with Crippen LogP contribution in [0.5, 0.6) is 0 Å². The summed E-state index contributed by atoms with van der Waals surface area (Å²) in [5.41, 5.74) is 0. The Hall–Kier alpha value is -0.120. The molecule has 0 amide bonds. The van der Waals surface area contributed by atoms with E-state index < -0.39 is 36.4 Å². The molecule has 0 aliphatic rings. The van der Waals surface area contributed by atoms with E-state index in [1.165, 1.54) is 0 Å². The maximum Gasteiger partial charge on any atom is 2.00 e. The van der Waals surface area contributed by atoms with Crippen LogP contribution < -0.4 is 10.2 Å². The largest absolute Gasteiger partial charge is 2.00 e. The Morgan fingerprint density at radius 2 is 0.842 bits per heavy atom. The first-order valence-corrected chi connectivity index (χ1v) is 3.43. The maximum absolute atomic E-state index is 9.96. The van der Waals surface area contributed by atoms with Gasteiger partial charge in [-0.1, -0.05) is 0 Å². The molecule has 13 heteroatoms. The third kappa shape index (κ3) is 11.4.